The van der Waals surface area contributed by atoms with Gasteiger partial charge in [-0.2, -0.15) is 5.10 Å². The van der Waals surface area contributed by atoms with E-state index in [9.17, 15) is 4.79 Å². The molecule has 0 saturated heterocycles. The fourth-order valence-electron chi connectivity index (χ4n) is 2.13. The Morgan fingerprint density at radius 3 is 2.73 bits per heavy atom. The molecular weight excluding hydrogens is 300 g/mol. The van der Waals surface area contributed by atoms with Gasteiger partial charge < -0.3 is 10.2 Å². The average molecular weight is 323 g/mol. The van der Waals surface area contributed by atoms with Crippen LogP contribution < -0.4 is 5.32 Å². The zero-order chi connectivity index (χ0) is 15.1. The third-order valence-electron chi connectivity index (χ3n) is 3.32. The molecule has 0 atom stereocenters. The topological polar surface area (TPSA) is 50.2 Å². The third kappa shape index (κ3) is 5.16. The summed E-state index contributed by atoms with van der Waals surface area (Å²) in [6, 6.07) is 9.94. The number of halogens is 1. The third-order valence-corrected chi connectivity index (χ3v) is 3.32. The van der Waals surface area contributed by atoms with Gasteiger partial charge in [0.05, 0.1) is 11.9 Å². The van der Waals surface area contributed by atoms with Crippen LogP contribution in [0.2, 0.25) is 0 Å². The van der Waals surface area contributed by atoms with Crippen LogP contribution in [0.15, 0.2) is 42.7 Å². The standard InChI is InChI=1S/C16H22N4O.ClH/c1-17-10-6-9-16(21)19(2)12-14-11-18-20(13-14)15-7-4-3-5-8-15;/h3-5,7-8,11,13,17H,6,9-10,12H2,1-2H3;1H. The number of benzene rings is 1. The molecule has 0 aliphatic rings. The maximum absolute atomic E-state index is 12.0. The van der Waals surface area contributed by atoms with Gasteiger partial charge in [-0.1, -0.05) is 18.2 Å². The van der Waals surface area contributed by atoms with Crippen molar-refractivity contribution in [3.63, 3.8) is 0 Å². The zero-order valence-corrected chi connectivity index (χ0v) is 13.8. The summed E-state index contributed by atoms with van der Waals surface area (Å²) in [5, 5.41) is 7.39. The fourth-order valence-corrected chi connectivity index (χ4v) is 2.13. The fraction of sp³-hybridized carbons (Fsp3) is 0.375. The van der Waals surface area contributed by atoms with Gasteiger partial charge in [-0.25, -0.2) is 4.68 Å². The molecule has 0 aliphatic carbocycles. The number of nitrogens with one attached hydrogen (secondary N) is 1. The Kier molecular flexibility index (Phi) is 7.63. The van der Waals surface area contributed by atoms with Crippen molar-refractivity contribution < 1.29 is 4.79 Å². The summed E-state index contributed by atoms with van der Waals surface area (Å²) in [6.45, 7) is 1.46. The molecule has 0 saturated carbocycles. The van der Waals surface area contributed by atoms with E-state index in [2.05, 4.69) is 10.4 Å². The van der Waals surface area contributed by atoms with Crippen LogP contribution in [-0.4, -0.2) is 41.2 Å². The van der Waals surface area contributed by atoms with Gasteiger partial charge in [0.15, 0.2) is 0 Å². The highest BCUT2D eigenvalue weighted by Gasteiger charge is 2.10. The summed E-state index contributed by atoms with van der Waals surface area (Å²) in [7, 11) is 3.73. The number of hydrogen-bond donors (Lipinski definition) is 1. The van der Waals surface area contributed by atoms with E-state index in [0.717, 1.165) is 24.2 Å². The molecule has 0 unspecified atom stereocenters. The van der Waals surface area contributed by atoms with E-state index in [1.165, 1.54) is 0 Å². The second-order valence-corrected chi connectivity index (χ2v) is 5.09. The molecule has 2 aromatic rings. The lowest BCUT2D eigenvalue weighted by Gasteiger charge is -2.16. The number of nitrogens with zero attached hydrogens (tertiary/aromatic N) is 3. The minimum absolute atomic E-state index is 0. The van der Waals surface area contributed by atoms with Crippen molar-refractivity contribution in [1.29, 1.82) is 0 Å². The molecule has 2 rings (SSSR count). The lowest BCUT2D eigenvalue weighted by Crippen LogP contribution is -2.26. The first-order chi connectivity index (χ1) is 10.2. The van der Waals surface area contributed by atoms with Crippen LogP contribution in [-0.2, 0) is 11.3 Å². The van der Waals surface area contributed by atoms with Gasteiger partial charge in [0.1, 0.15) is 0 Å². The van der Waals surface area contributed by atoms with Crippen molar-refractivity contribution in [1.82, 2.24) is 20.0 Å². The highest BCUT2D eigenvalue weighted by atomic mass is 35.5. The number of hydrogen-bond acceptors (Lipinski definition) is 3. The second-order valence-electron chi connectivity index (χ2n) is 5.09. The summed E-state index contributed by atoms with van der Waals surface area (Å²) in [4.78, 5) is 13.7. The van der Waals surface area contributed by atoms with Gasteiger partial charge in [0.25, 0.3) is 0 Å². The Hall–Kier alpha value is -1.85. The van der Waals surface area contributed by atoms with Crippen molar-refractivity contribution >= 4 is 18.3 Å². The molecule has 1 amide bonds. The molecular formula is C16H23ClN4O. The highest BCUT2D eigenvalue weighted by Crippen LogP contribution is 2.09. The molecule has 0 fully saturated rings. The van der Waals surface area contributed by atoms with Gasteiger partial charge in [-0.3, -0.25) is 4.79 Å². The smallest absolute Gasteiger partial charge is 0.222 e. The van der Waals surface area contributed by atoms with E-state index in [1.54, 1.807) is 4.90 Å². The Labute approximate surface area is 137 Å². The normalized spacial score (nSPS) is 10.1. The van der Waals surface area contributed by atoms with E-state index in [1.807, 2.05) is 61.5 Å². The molecule has 22 heavy (non-hydrogen) atoms. The van der Waals surface area contributed by atoms with E-state index in [0.29, 0.717) is 13.0 Å². The lowest BCUT2D eigenvalue weighted by molar-refractivity contribution is -0.130. The van der Waals surface area contributed by atoms with E-state index in [-0.39, 0.29) is 18.3 Å². The molecule has 1 aromatic heterocycles. The van der Waals surface area contributed by atoms with Crippen molar-refractivity contribution in [3.8, 4) is 5.69 Å². The maximum Gasteiger partial charge on any atom is 0.222 e. The van der Waals surface area contributed by atoms with Gasteiger partial charge >= 0.3 is 0 Å². The van der Waals surface area contributed by atoms with Gasteiger partial charge in [-0.05, 0) is 32.1 Å². The molecule has 1 N–H and O–H groups in total. The summed E-state index contributed by atoms with van der Waals surface area (Å²) in [6.07, 6.45) is 5.21. The first-order valence-corrected chi connectivity index (χ1v) is 7.18. The monoisotopic (exact) mass is 322 g/mol. The van der Waals surface area contributed by atoms with E-state index < -0.39 is 0 Å². The van der Waals surface area contributed by atoms with Gasteiger partial charge in [-0.15, -0.1) is 12.4 Å². The quantitative estimate of drug-likeness (QED) is 0.795. The van der Waals surface area contributed by atoms with Crippen LogP contribution in [0.25, 0.3) is 5.69 Å². The van der Waals surface area contributed by atoms with E-state index >= 15 is 0 Å². The average Bonchev–Trinajstić information content (AvgIpc) is 2.97. The minimum atomic E-state index is 0. The largest absolute Gasteiger partial charge is 0.341 e. The molecule has 6 heteroatoms. The Bertz CT molecular complexity index is 571. The Morgan fingerprint density at radius 1 is 1.32 bits per heavy atom. The number of carbonyl (C=O) groups excluding carboxylic acids is 1. The Morgan fingerprint density at radius 2 is 2.05 bits per heavy atom. The molecule has 0 bridgehead atoms. The van der Waals surface area contributed by atoms with Gasteiger partial charge in [0.2, 0.25) is 5.91 Å². The molecule has 0 spiro atoms. The highest BCUT2D eigenvalue weighted by molar-refractivity contribution is 5.85. The van der Waals surface area contributed by atoms with Crippen LogP contribution >= 0.6 is 12.4 Å². The van der Waals surface area contributed by atoms with Crippen molar-refractivity contribution in [2.75, 3.05) is 20.6 Å². The molecule has 1 heterocycles. The molecule has 120 valence electrons. The maximum atomic E-state index is 12.0. The number of aromatic nitrogens is 2. The second kappa shape index (κ2) is 9.23. The van der Waals surface area contributed by atoms with Crippen LogP contribution in [0.3, 0.4) is 0 Å². The Balaban J connectivity index is 0.00000242. The summed E-state index contributed by atoms with van der Waals surface area (Å²) in [5.74, 6) is 0.165. The van der Waals surface area contributed by atoms with Crippen LogP contribution in [0.1, 0.15) is 18.4 Å². The SMILES string of the molecule is CNCCCC(=O)N(C)Cc1cnn(-c2ccccc2)c1.Cl. The van der Waals surface area contributed by atoms with Crippen LogP contribution in [0.4, 0.5) is 0 Å². The van der Waals surface area contributed by atoms with E-state index in [4.69, 9.17) is 0 Å². The zero-order valence-electron chi connectivity index (χ0n) is 13.0. The summed E-state index contributed by atoms with van der Waals surface area (Å²) >= 11 is 0. The number of amides is 1. The van der Waals surface area contributed by atoms with Gasteiger partial charge in [0, 0.05) is 31.8 Å². The van der Waals surface area contributed by atoms with Crippen LogP contribution in [0, 0.1) is 0 Å². The molecule has 1 aromatic carbocycles. The first-order valence-electron chi connectivity index (χ1n) is 7.18. The lowest BCUT2D eigenvalue weighted by atomic mass is 10.2. The predicted molar refractivity (Wildman–Crippen MR) is 90.4 cm³/mol. The number of para-hydroxylation sites is 1. The van der Waals surface area contributed by atoms with Crippen LogP contribution in [0.5, 0.6) is 0 Å². The number of carbonyl (C=O) groups is 1. The summed E-state index contributed by atoms with van der Waals surface area (Å²) in [5.41, 5.74) is 2.05. The summed E-state index contributed by atoms with van der Waals surface area (Å²) < 4.78 is 1.83. The van der Waals surface area contributed by atoms with Crippen molar-refractivity contribution in [2.45, 2.75) is 19.4 Å². The minimum Gasteiger partial charge on any atom is -0.341 e. The molecule has 5 nitrogen and oxygen atoms in total. The van der Waals surface area contributed by atoms with Crippen molar-refractivity contribution in [3.05, 3.63) is 48.3 Å². The molecule has 0 aliphatic heterocycles. The molecule has 0 radical (unpaired) electrons. The predicted octanol–water partition coefficient (Wildman–Crippen LogP) is 2.25. The first kappa shape index (κ1) is 18.2. The number of rotatable bonds is 7. The van der Waals surface area contributed by atoms with Crippen molar-refractivity contribution in [2.24, 2.45) is 0 Å².